The molecule has 1 atom stereocenters. The first-order valence-electron chi connectivity index (χ1n) is 7.36. The van der Waals surface area contributed by atoms with E-state index >= 15 is 0 Å². The predicted octanol–water partition coefficient (Wildman–Crippen LogP) is 2.12. The summed E-state index contributed by atoms with van der Waals surface area (Å²) in [7, 11) is 0. The van der Waals surface area contributed by atoms with Gasteiger partial charge in [0.25, 0.3) is 0 Å². The van der Waals surface area contributed by atoms with E-state index in [-0.39, 0.29) is 12.5 Å². The Morgan fingerprint density at radius 3 is 2.35 bits per heavy atom. The van der Waals surface area contributed by atoms with Crippen molar-refractivity contribution in [2.75, 3.05) is 0 Å². The summed E-state index contributed by atoms with van der Waals surface area (Å²) in [6.07, 6.45) is 3.21. The van der Waals surface area contributed by atoms with Gasteiger partial charge in [-0.15, -0.1) is 0 Å². The molecule has 0 saturated heterocycles. The molecule has 0 aliphatic carbocycles. The molecule has 0 saturated carbocycles. The Balaban J connectivity index is 1.99. The van der Waals surface area contributed by atoms with Gasteiger partial charge in [-0.2, -0.15) is 0 Å². The maximum atomic E-state index is 11.9. The lowest BCUT2D eigenvalue weighted by Gasteiger charge is -2.15. The molecule has 1 unspecified atom stereocenters. The number of carbonyl (C=O) groups excluding carboxylic acids is 1. The highest BCUT2D eigenvalue weighted by molar-refractivity contribution is 5.97. The lowest BCUT2D eigenvalue weighted by atomic mass is 9.95. The Hall–Kier alpha value is -2.76. The molecule has 0 radical (unpaired) electrons. The second-order valence-corrected chi connectivity index (χ2v) is 5.54. The zero-order chi connectivity index (χ0) is 16.8. The topological polar surface area (TPSA) is 92.2 Å². The SMILES string of the molecule is CC(C)C(C(=O)O)C(=O)NCc1cnc(-c2ccccc2)cn1. The summed E-state index contributed by atoms with van der Waals surface area (Å²) >= 11 is 0. The highest BCUT2D eigenvalue weighted by Crippen LogP contribution is 2.15. The van der Waals surface area contributed by atoms with Crippen LogP contribution in [0.2, 0.25) is 0 Å². The van der Waals surface area contributed by atoms with Gasteiger partial charge in [-0.05, 0) is 5.92 Å². The van der Waals surface area contributed by atoms with Crippen LogP contribution in [-0.2, 0) is 16.1 Å². The van der Waals surface area contributed by atoms with Crippen LogP contribution in [0.3, 0.4) is 0 Å². The van der Waals surface area contributed by atoms with Crippen molar-refractivity contribution in [1.29, 1.82) is 0 Å². The number of hydrogen-bond acceptors (Lipinski definition) is 4. The third kappa shape index (κ3) is 4.35. The first kappa shape index (κ1) is 16.6. The van der Waals surface area contributed by atoms with Crippen molar-refractivity contribution in [2.24, 2.45) is 11.8 Å². The molecule has 1 aromatic carbocycles. The van der Waals surface area contributed by atoms with Crippen molar-refractivity contribution in [3.05, 3.63) is 48.4 Å². The molecule has 0 bridgehead atoms. The molecule has 0 aliphatic rings. The van der Waals surface area contributed by atoms with Crippen molar-refractivity contribution >= 4 is 11.9 Å². The van der Waals surface area contributed by atoms with Crippen LogP contribution in [0.4, 0.5) is 0 Å². The van der Waals surface area contributed by atoms with Crippen LogP contribution in [0.5, 0.6) is 0 Å². The normalized spacial score (nSPS) is 12.0. The highest BCUT2D eigenvalue weighted by atomic mass is 16.4. The summed E-state index contributed by atoms with van der Waals surface area (Å²) in [6, 6.07) is 9.64. The number of nitrogens with zero attached hydrogens (tertiary/aromatic N) is 2. The van der Waals surface area contributed by atoms with Crippen molar-refractivity contribution in [1.82, 2.24) is 15.3 Å². The van der Waals surface area contributed by atoms with Crippen LogP contribution in [0.25, 0.3) is 11.3 Å². The van der Waals surface area contributed by atoms with Crippen LogP contribution in [0.1, 0.15) is 19.5 Å². The monoisotopic (exact) mass is 313 g/mol. The molecule has 2 rings (SSSR count). The maximum Gasteiger partial charge on any atom is 0.316 e. The van der Waals surface area contributed by atoms with E-state index in [0.717, 1.165) is 11.3 Å². The molecule has 120 valence electrons. The molecular formula is C17H19N3O3. The van der Waals surface area contributed by atoms with Gasteiger partial charge in [-0.3, -0.25) is 19.6 Å². The Bertz CT molecular complexity index is 669. The quantitative estimate of drug-likeness (QED) is 0.797. The lowest BCUT2D eigenvalue weighted by molar-refractivity contribution is -0.148. The third-order valence-electron chi connectivity index (χ3n) is 3.43. The number of carboxylic acids is 1. The molecule has 2 aromatic rings. The first-order valence-corrected chi connectivity index (χ1v) is 7.36. The van der Waals surface area contributed by atoms with Crippen LogP contribution in [-0.4, -0.2) is 27.0 Å². The van der Waals surface area contributed by atoms with E-state index in [9.17, 15) is 9.59 Å². The van der Waals surface area contributed by atoms with Gasteiger partial charge in [0.2, 0.25) is 5.91 Å². The molecule has 1 amide bonds. The number of aromatic nitrogens is 2. The zero-order valence-corrected chi connectivity index (χ0v) is 13.1. The standard InChI is InChI=1S/C17H19N3O3/c1-11(2)15(17(22)23)16(21)20-9-13-8-19-14(10-18-13)12-6-4-3-5-7-12/h3-8,10-11,15H,9H2,1-2H3,(H,20,21)(H,22,23). The third-order valence-corrected chi connectivity index (χ3v) is 3.43. The fourth-order valence-electron chi connectivity index (χ4n) is 2.19. The summed E-state index contributed by atoms with van der Waals surface area (Å²) < 4.78 is 0. The van der Waals surface area contributed by atoms with Gasteiger partial charge in [-0.25, -0.2) is 0 Å². The average Bonchev–Trinajstić information content (AvgIpc) is 2.53. The van der Waals surface area contributed by atoms with E-state index in [2.05, 4.69) is 15.3 Å². The Labute approximate surface area is 134 Å². The van der Waals surface area contributed by atoms with Gasteiger partial charge in [0.15, 0.2) is 0 Å². The van der Waals surface area contributed by atoms with Crippen LogP contribution in [0.15, 0.2) is 42.7 Å². The number of aliphatic carboxylic acids is 1. The smallest absolute Gasteiger partial charge is 0.316 e. The van der Waals surface area contributed by atoms with Crippen molar-refractivity contribution in [3.8, 4) is 11.3 Å². The van der Waals surface area contributed by atoms with E-state index in [4.69, 9.17) is 5.11 Å². The van der Waals surface area contributed by atoms with E-state index in [1.54, 1.807) is 26.2 Å². The Morgan fingerprint density at radius 2 is 1.83 bits per heavy atom. The number of carbonyl (C=O) groups is 2. The van der Waals surface area contributed by atoms with Gasteiger partial charge in [0.1, 0.15) is 5.92 Å². The van der Waals surface area contributed by atoms with E-state index in [1.807, 2.05) is 30.3 Å². The number of rotatable bonds is 6. The molecule has 1 aromatic heterocycles. The van der Waals surface area contributed by atoms with Gasteiger partial charge < -0.3 is 10.4 Å². The van der Waals surface area contributed by atoms with E-state index < -0.39 is 17.8 Å². The molecule has 23 heavy (non-hydrogen) atoms. The fourth-order valence-corrected chi connectivity index (χ4v) is 2.19. The second kappa shape index (κ2) is 7.49. The minimum atomic E-state index is -1.12. The van der Waals surface area contributed by atoms with Gasteiger partial charge in [-0.1, -0.05) is 44.2 Å². The summed E-state index contributed by atoms with van der Waals surface area (Å²) in [5.41, 5.74) is 2.28. The summed E-state index contributed by atoms with van der Waals surface area (Å²) in [5, 5.41) is 11.7. The van der Waals surface area contributed by atoms with Crippen LogP contribution in [0, 0.1) is 11.8 Å². The highest BCUT2D eigenvalue weighted by Gasteiger charge is 2.29. The summed E-state index contributed by atoms with van der Waals surface area (Å²) in [5.74, 6) is -2.98. The average molecular weight is 313 g/mol. The number of hydrogen-bond donors (Lipinski definition) is 2. The number of amides is 1. The van der Waals surface area contributed by atoms with Gasteiger partial charge in [0, 0.05) is 5.56 Å². The first-order chi connectivity index (χ1) is 11.0. The molecule has 0 aliphatic heterocycles. The van der Waals surface area contributed by atoms with E-state index in [0.29, 0.717) is 5.69 Å². The maximum absolute atomic E-state index is 11.9. The predicted molar refractivity (Wildman–Crippen MR) is 85.3 cm³/mol. The summed E-state index contributed by atoms with van der Waals surface area (Å²) in [6.45, 7) is 3.55. The zero-order valence-electron chi connectivity index (χ0n) is 13.1. The Kier molecular flexibility index (Phi) is 5.41. The number of carboxylic acid groups (broad SMARTS) is 1. The molecule has 0 fully saturated rings. The molecule has 2 N–H and O–H groups in total. The van der Waals surface area contributed by atoms with E-state index in [1.165, 1.54) is 0 Å². The van der Waals surface area contributed by atoms with Crippen molar-refractivity contribution in [2.45, 2.75) is 20.4 Å². The molecule has 6 nitrogen and oxygen atoms in total. The lowest BCUT2D eigenvalue weighted by Crippen LogP contribution is -2.38. The number of benzene rings is 1. The summed E-state index contributed by atoms with van der Waals surface area (Å²) in [4.78, 5) is 31.6. The number of nitrogens with one attached hydrogen (secondary N) is 1. The molecular weight excluding hydrogens is 294 g/mol. The molecule has 1 heterocycles. The van der Waals surface area contributed by atoms with Gasteiger partial charge in [0.05, 0.1) is 30.3 Å². The minimum absolute atomic E-state index is 0.150. The fraction of sp³-hybridized carbons (Fsp3) is 0.294. The molecule has 6 heteroatoms. The van der Waals surface area contributed by atoms with Crippen molar-refractivity contribution < 1.29 is 14.7 Å². The second-order valence-electron chi connectivity index (χ2n) is 5.54. The molecule has 0 spiro atoms. The van der Waals surface area contributed by atoms with Crippen LogP contribution >= 0.6 is 0 Å². The van der Waals surface area contributed by atoms with Gasteiger partial charge >= 0.3 is 5.97 Å². The van der Waals surface area contributed by atoms with Crippen molar-refractivity contribution in [3.63, 3.8) is 0 Å². The Morgan fingerprint density at radius 1 is 1.13 bits per heavy atom. The minimum Gasteiger partial charge on any atom is -0.481 e. The van der Waals surface area contributed by atoms with Crippen LogP contribution < -0.4 is 5.32 Å². The largest absolute Gasteiger partial charge is 0.481 e.